The highest BCUT2D eigenvalue weighted by Crippen LogP contribution is 2.38. The molecule has 2 unspecified atom stereocenters. The summed E-state index contributed by atoms with van der Waals surface area (Å²) in [6.07, 6.45) is 7.91. The largest absolute Gasteiger partial charge is 0.353 e. The van der Waals surface area contributed by atoms with Gasteiger partial charge in [0, 0.05) is 25.3 Å². The Bertz CT molecular complexity index is 868. The number of para-hydroxylation sites is 1. The van der Waals surface area contributed by atoms with Crippen LogP contribution in [0.15, 0.2) is 53.6 Å². The molecule has 144 valence electrons. The van der Waals surface area contributed by atoms with Gasteiger partial charge in [0.25, 0.3) is 10.0 Å². The third-order valence-corrected chi connectivity index (χ3v) is 7.83. The van der Waals surface area contributed by atoms with Crippen molar-refractivity contribution in [1.82, 2.24) is 4.98 Å². The normalized spacial score (nSPS) is 22.5. The van der Waals surface area contributed by atoms with Crippen molar-refractivity contribution in [2.45, 2.75) is 50.0 Å². The maximum Gasteiger partial charge on any atom is 0.265 e. The van der Waals surface area contributed by atoms with E-state index in [0.717, 1.165) is 18.3 Å². The van der Waals surface area contributed by atoms with Gasteiger partial charge in [0.15, 0.2) is 0 Å². The molecule has 2 atom stereocenters. The second-order valence-corrected chi connectivity index (χ2v) is 9.31. The number of fused-ring (bicyclic) bond motifs is 1. The second-order valence-electron chi connectivity index (χ2n) is 7.45. The van der Waals surface area contributed by atoms with Crippen molar-refractivity contribution in [2.75, 3.05) is 22.3 Å². The molecule has 2 fully saturated rings. The standard InChI is InChI=1S/C21H27N3O2S/c1-2-24(18-9-4-3-5-10-18)27(25,26)19-12-13-21(22-16-19)23-15-14-17-8-6-7-11-20(17)23/h3-5,9-10,12-13,16-17,20H,2,6-8,11,14-15H2,1H3. The van der Waals surface area contributed by atoms with E-state index in [9.17, 15) is 8.42 Å². The molecule has 1 aromatic carbocycles. The fourth-order valence-electron chi connectivity index (χ4n) is 4.60. The lowest BCUT2D eigenvalue weighted by Gasteiger charge is -2.32. The molecule has 5 nitrogen and oxygen atoms in total. The highest BCUT2D eigenvalue weighted by Gasteiger charge is 2.36. The average Bonchev–Trinajstić information content (AvgIpc) is 3.13. The summed E-state index contributed by atoms with van der Waals surface area (Å²) < 4.78 is 27.6. The molecule has 1 saturated carbocycles. The lowest BCUT2D eigenvalue weighted by molar-refractivity contribution is 0.341. The van der Waals surface area contributed by atoms with Crippen LogP contribution in [0, 0.1) is 5.92 Å². The van der Waals surface area contributed by atoms with Crippen molar-refractivity contribution in [3.63, 3.8) is 0 Å². The number of nitrogens with zero attached hydrogens (tertiary/aromatic N) is 3. The fourth-order valence-corrected chi connectivity index (χ4v) is 6.02. The molecule has 0 spiro atoms. The van der Waals surface area contributed by atoms with E-state index in [1.165, 1.54) is 42.6 Å². The van der Waals surface area contributed by atoms with Crippen LogP contribution in [0.3, 0.4) is 0 Å². The fraction of sp³-hybridized carbons (Fsp3) is 0.476. The number of anilines is 2. The smallest absolute Gasteiger partial charge is 0.265 e. The Morgan fingerprint density at radius 1 is 1.07 bits per heavy atom. The van der Waals surface area contributed by atoms with E-state index in [1.54, 1.807) is 6.07 Å². The lowest BCUT2D eigenvalue weighted by Crippen LogP contribution is -2.35. The molecule has 0 radical (unpaired) electrons. The first-order chi connectivity index (χ1) is 13.1. The first kappa shape index (κ1) is 18.3. The zero-order chi connectivity index (χ0) is 18.9. The van der Waals surface area contributed by atoms with Crippen LogP contribution in [0.25, 0.3) is 0 Å². The van der Waals surface area contributed by atoms with Gasteiger partial charge in [-0.1, -0.05) is 31.0 Å². The Labute approximate surface area is 162 Å². The zero-order valence-corrected chi connectivity index (χ0v) is 16.6. The molecule has 6 heteroatoms. The van der Waals surface area contributed by atoms with E-state index < -0.39 is 10.0 Å². The molecule has 0 N–H and O–H groups in total. The predicted octanol–water partition coefficient (Wildman–Crippen LogP) is 4.07. The first-order valence-electron chi connectivity index (χ1n) is 9.91. The first-order valence-corrected chi connectivity index (χ1v) is 11.4. The summed E-state index contributed by atoms with van der Waals surface area (Å²) in [6.45, 7) is 3.25. The van der Waals surface area contributed by atoms with Crippen LogP contribution < -0.4 is 9.21 Å². The molecule has 2 aromatic rings. The van der Waals surface area contributed by atoms with Gasteiger partial charge in [0.05, 0.1) is 5.69 Å². The molecule has 27 heavy (non-hydrogen) atoms. The maximum atomic E-state index is 13.1. The summed E-state index contributed by atoms with van der Waals surface area (Å²) in [4.78, 5) is 7.18. The highest BCUT2D eigenvalue weighted by molar-refractivity contribution is 7.92. The number of hydrogen-bond acceptors (Lipinski definition) is 4. The van der Waals surface area contributed by atoms with Crippen LogP contribution in [0.5, 0.6) is 0 Å². The minimum atomic E-state index is -3.62. The van der Waals surface area contributed by atoms with Crippen LogP contribution in [-0.2, 0) is 10.0 Å². The van der Waals surface area contributed by atoms with Gasteiger partial charge in [-0.15, -0.1) is 0 Å². The number of hydrogen-bond donors (Lipinski definition) is 0. The molecule has 1 aliphatic carbocycles. The Morgan fingerprint density at radius 3 is 2.56 bits per heavy atom. The van der Waals surface area contributed by atoms with Crippen molar-refractivity contribution in [3.8, 4) is 0 Å². The predicted molar refractivity (Wildman–Crippen MR) is 109 cm³/mol. The maximum absolute atomic E-state index is 13.1. The SMILES string of the molecule is CCN(c1ccccc1)S(=O)(=O)c1ccc(N2CCC3CCCCC32)nc1. The molecule has 1 saturated heterocycles. The number of pyridine rings is 1. The Hall–Kier alpha value is -2.08. The molecule has 0 bridgehead atoms. The lowest BCUT2D eigenvalue weighted by atomic mass is 9.85. The van der Waals surface area contributed by atoms with Crippen LogP contribution in [0.1, 0.15) is 39.0 Å². The quantitative estimate of drug-likeness (QED) is 0.779. The number of sulfonamides is 1. The minimum Gasteiger partial charge on any atom is -0.353 e. The highest BCUT2D eigenvalue weighted by atomic mass is 32.2. The van der Waals surface area contributed by atoms with Crippen molar-refractivity contribution in [1.29, 1.82) is 0 Å². The summed E-state index contributed by atoms with van der Waals surface area (Å²) in [5.41, 5.74) is 0.675. The van der Waals surface area contributed by atoms with Crippen molar-refractivity contribution >= 4 is 21.5 Å². The van der Waals surface area contributed by atoms with Gasteiger partial charge in [-0.3, -0.25) is 4.31 Å². The van der Waals surface area contributed by atoms with Gasteiger partial charge in [0.2, 0.25) is 0 Å². The summed E-state index contributed by atoms with van der Waals surface area (Å²) >= 11 is 0. The summed E-state index contributed by atoms with van der Waals surface area (Å²) in [5.74, 6) is 1.68. The molecule has 1 aromatic heterocycles. The van der Waals surface area contributed by atoms with E-state index in [-0.39, 0.29) is 4.90 Å². The summed E-state index contributed by atoms with van der Waals surface area (Å²) in [7, 11) is -3.62. The second kappa shape index (κ2) is 7.50. The topological polar surface area (TPSA) is 53.5 Å². The minimum absolute atomic E-state index is 0.247. The Morgan fingerprint density at radius 2 is 1.85 bits per heavy atom. The third-order valence-electron chi connectivity index (χ3n) is 5.94. The Kier molecular flexibility index (Phi) is 5.08. The summed E-state index contributed by atoms with van der Waals surface area (Å²) in [6, 6.07) is 13.4. The third kappa shape index (κ3) is 3.43. The molecule has 2 aliphatic rings. The molecule has 0 amide bonds. The van der Waals surface area contributed by atoms with Crippen LogP contribution in [0.2, 0.25) is 0 Å². The van der Waals surface area contributed by atoms with Crippen molar-refractivity contribution in [2.24, 2.45) is 5.92 Å². The van der Waals surface area contributed by atoms with Crippen LogP contribution in [-0.4, -0.2) is 32.5 Å². The van der Waals surface area contributed by atoms with E-state index in [0.29, 0.717) is 18.3 Å². The van der Waals surface area contributed by atoms with Crippen LogP contribution >= 0.6 is 0 Å². The Balaban J connectivity index is 1.58. The van der Waals surface area contributed by atoms with Crippen LogP contribution in [0.4, 0.5) is 11.5 Å². The molecular formula is C21H27N3O2S. The number of benzene rings is 1. The van der Waals surface area contributed by atoms with E-state index >= 15 is 0 Å². The molecule has 1 aliphatic heterocycles. The number of rotatable bonds is 5. The van der Waals surface area contributed by atoms with Gasteiger partial charge in [-0.25, -0.2) is 13.4 Å². The van der Waals surface area contributed by atoms with E-state index in [1.807, 2.05) is 43.3 Å². The van der Waals surface area contributed by atoms with E-state index in [4.69, 9.17) is 0 Å². The number of aromatic nitrogens is 1. The molecular weight excluding hydrogens is 358 g/mol. The van der Waals surface area contributed by atoms with Crippen molar-refractivity contribution in [3.05, 3.63) is 48.7 Å². The summed E-state index contributed by atoms with van der Waals surface area (Å²) in [5, 5.41) is 0. The zero-order valence-electron chi connectivity index (χ0n) is 15.8. The molecule has 4 rings (SSSR count). The van der Waals surface area contributed by atoms with Gasteiger partial charge in [-0.2, -0.15) is 0 Å². The monoisotopic (exact) mass is 385 g/mol. The van der Waals surface area contributed by atoms with Gasteiger partial charge in [-0.05, 0) is 56.4 Å². The van der Waals surface area contributed by atoms with E-state index in [2.05, 4.69) is 9.88 Å². The van der Waals surface area contributed by atoms with Gasteiger partial charge >= 0.3 is 0 Å². The van der Waals surface area contributed by atoms with Gasteiger partial charge in [0.1, 0.15) is 10.7 Å². The van der Waals surface area contributed by atoms with Crippen molar-refractivity contribution < 1.29 is 8.42 Å². The average molecular weight is 386 g/mol. The molecule has 2 heterocycles. The van der Waals surface area contributed by atoms with Gasteiger partial charge < -0.3 is 4.90 Å².